The molecular weight excluding hydrogens is 461 g/mol. The Labute approximate surface area is 219 Å². The highest BCUT2D eigenvalue weighted by atomic mass is 19.1. The number of aryl methyl sites for hydroxylation is 1. The van der Waals surface area contributed by atoms with Crippen LogP contribution in [-0.2, 0) is 26.1 Å². The number of fused-ring (bicyclic) bond motifs is 2. The van der Waals surface area contributed by atoms with E-state index in [0.29, 0.717) is 6.54 Å². The Balaban J connectivity index is 1.45. The van der Waals surface area contributed by atoms with Crippen LogP contribution in [0, 0.1) is 19.7 Å². The van der Waals surface area contributed by atoms with Crippen LogP contribution in [0.1, 0.15) is 33.6 Å². The van der Waals surface area contributed by atoms with Gasteiger partial charge in [0, 0.05) is 63.4 Å². The van der Waals surface area contributed by atoms with E-state index in [4.69, 9.17) is 4.98 Å². The number of anilines is 1. The van der Waals surface area contributed by atoms with E-state index in [2.05, 4.69) is 70.5 Å². The minimum absolute atomic E-state index is 0.197. The highest BCUT2D eigenvalue weighted by Gasteiger charge is 2.25. The van der Waals surface area contributed by atoms with Crippen LogP contribution in [0.4, 0.5) is 10.2 Å². The fraction of sp³-hybridized carbons (Fsp3) is 0.387. The molecule has 0 aliphatic carbocycles. The van der Waals surface area contributed by atoms with Gasteiger partial charge in [-0.05, 0) is 67.8 Å². The number of hydrogen-bond donors (Lipinski definition) is 0. The molecule has 192 valence electrons. The number of rotatable bonds is 5. The van der Waals surface area contributed by atoms with E-state index in [1.54, 1.807) is 12.1 Å². The summed E-state index contributed by atoms with van der Waals surface area (Å²) in [5, 5.41) is 1.28. The predicted molar refractivity (Wildman–Crippen MR) is 149 cm³/mol. The smallest absolute Gasteiger partial charge is 0.153 e. The molecule has 2 aromatic carbocycles. The third-order valence-electron chi connectivity index (χ3n) is 8.31. The first-order valence-electron chi connectivity index (χ1n) is 13.4. The summed E-state index contributed by atoms with van der Waals surface area (Å²) in [5.74, 6) is 0.881. The normalized spacial score (nSPS) is 16.9. The summed E-state index contributed by atoms with van der Waals surface area (Å²) in [6.07, 6.45) is 1.03. The van der Waals surface area contributed by atoms with E-state index in [-0.39, 0.29) is 5.82 Å². The summed E-state index contributed by atoms with van der Waals surface area (Å²) in [4.78, 5) is 12.8. The Hall–Kier alpha value is -3.22. The van der Waals surface area contributed by atoms with Crippen LogP contribution in [0.2, 0.25) is 0 Å². The van der Waals surface area contributed by atoms with Crippen molar-refractivity contribution in [3.63, 3.8) is 0 Å². The van der Waals surface area contributed by atoms with E-state index in [1.165, 1.54) is 33.3 Å². The molecule has 5 nitrogen and oxygen atoms in total. The molecule has 4 aromatic rings. The number of nitrogens with zero attached hydrogens (tertiary/aromatic N) is 5. The molecule has 37 heavy (non-hydrogen) atoms. The minimum Gasteiger partial charge on any atom is -0.350 e. The van der Waals surface area contributed by atoms with Crippen molar-refractivity contribution in [1.29, 1.82) is 0 Å². The van der Waals surface area contributed by atoms with E-state index < -0.39 is 0 Å². The molecule has 0 amide bonds. The summed E-state index contributed by atoms with van der Waals surface area (Å²) >= 11 is 0. The van der Waals surface area contributed by atoms with Gasteiger partial charge in [-0.15, -0.1) is 0 Å². The molecule has 0 bridgehead atoms. The van der Waals surface area contributed by atoms with Crippen LogP contribution in [0.5, 0.6) is 0 Å². The predicted octanol–water partition coefficient (Wildman–Crippen LogP) is 5.15. The first-order valence-corrected chi connectivity index (χ1v) is 13.4. The number of pyridine rings is 1. The van der Waals surface area contributed by atoms with Crippen molar-refractivity contribution in [3.8, 4) is 0 Å². The van der Waals surface area contributed by atoms with Crippen molar-refractivity contribution < 1.29 is 4.39 Å². The van der Waals surface area contributed by atoms with Crippen LogP contribution in [-0.4, -0.2) is 59.1 Å². The van der Waals surface area contributed by atoms with E-state index in [9.17, 15) is 4.39 Å². The Morgan fingerprint density at radius 2 is 1.59 bits per heavy atom. The Morgan fingerprint density at radius 3 is 2.35 bits per heavy atom. The van der Waals surface area contributed by atoms with Crippen molar-refractivity contribution in [1.82, 2.24) is 19.4 Å². The molecule has 1 saturated heterocycles. The Kier molecular flexibility index (Phi) is 6.47. The maximum absolute atomic E-state index is 13.6. The molecule has 2 aliphatic heterocycles. The highest BCUT2D eigenvalue weighted by Crippen LogP contribution is 2.35. The second-order valence-electron chi connectivity index (χ2n) is 10.8. The number of piperazine rings is 1. The van der Waals surface area contributed by atoms with Crippen molar-refractivity contribution >= 4 is 16.7 Å². The Morgan fingerprint density at radius 1 is 0.865 bits per heavy atom. The maximum atomic E-state index is 13.6. The zero-order chi connectivity index (χ0) is 25.5. The monoisotopic (exact) mass is 497 g/mol. The van der Waals surface area contributed by atoms with Crippen LogP contribution < -0.4 is 4.90 Å². The summed E-state index contributed by atoms with van der Waals surface area (Å²) in [5.41, 5.74) is 8.82. The van der Waals surface area contributed by atoms with Gasteiger partial charge >= 0.3 is 0 Å². The average molecular weight is 498 g/mol. The fourth-order valence-corrected chi connectivity index (χ4v) is 5.88. The molecule has 2 aliphatic rings. The lowest BCUT2D eigenvalue weighted by Crippen LogP contribution is -2.44. The maximum Gasteiger partial charge on any atom is 0.153 e. The lowest BCUT2D eigenvalue weighted by atomic mass is 10.00. The van der Waals surface area contributed by atoms with Gasteiger partial charge in [0.15, 0.2) is 5.82 Å². The van der Waals surface area contributed by atoms with Gasteiger partial charge in [-0.3, -0.25) is 4.90 Å². The molecule has 0 N–H and O–H groups in total. The summed E-state index contributed by atoms with van der Waals surface area (Å²) < 4.78 is 16.0. The number of halogens is 1. The van der Waals surface area contributed by atoms with Gasteiger partial charge in [0.05, 0.1) is 11.2 Å². The molecule has 6 rings (SSSR count). The van der Waals surface area contributed by atoms with Gasteiger partial charge in [0.25, 0.3) is 0 Å². The van der Waals surface area contributed by atoms with Crippen LogP contribution in [0.3, 0.4) is 0 Å². The van der Waals surface area contributed by atoms with Crippen LogP contribution >= 0.6 is 0 Å². The van der Waals surface area contributed by atoms with Gasteiger partial charge < -0.3 is 14.4 Å². The van der Waals surface area contributed by atoms with Crippen molar-refractivity contribution in [3.05, 3.63) is 94.1 Å². The minimum atomic E-state index is -0.197. The van der Waals surface area contributed by atoms with Gasteiger partial charge in [-0.1, -0.05) is 36.4 Å². The van der Waals surface area contributed by atoms with Crippen molar-refractivity contribution in [2.24, 2.45) is 0 Å². The SMILES string of the molecule is Cc1c(C)n(Cc2ccc(F)cc2)c2c(N3CCc4ccccc4C3)nc(CN3CCN(C)CC3)cc12. The second kappa shape index (κ2) is 9.92. The van der Waals surface area contributed by atoms with Crippen molar-refractivity contribution in [2.45, 2.75) is 39.9 Å². The second-order valence-corrected chi connectivity index (χ2v) is 10.8. The van der Waals surface area contributed by atoms with Crippen LogP contribution in [0.15, 0.2) is 54.6 Å². The molecule has 0 atom stereocenters. The number of aromatic nitrogens is 2. The largest absolute Gasteiger partial charge is 0.350 e. The lowest BCUT2D eigenvalue weighted by Gasteiger charge is -2.33. The number of hydrogen-bond acceptors (Lipinski definition) is 4. The van der Waals surface area contributed by atoms with Gasteiger partial charge in [0.2, 0.25) is 0 Å². The van der Waals surface area contributed by atoms with E-state index in [1.807, 2.05) is 12.1 Å². The fourth-order valence-electron chi connectivity index (χ4n) is 5.88. The van der Waals surface area contributed by atoms with E-state index in [0.717, 1.165) is 69.3 Å². The van der Waals surface area contributed by atoms with Gasteiger partial charge in [-0.2, -0.15) is 0 Å². The number of likely N-dealkylation sites (N-methyl/N-ethyl adjacent to an activating group) is 1. The zero-order valence-electron chi connectivity index (χ0n) is 22.2. The third kappa shape index (κ3) is 4.76. The molecule has 0 saturated carbocycles. The summed E-state index contributed by atoms with van der Waals surface area (Å²) in [7, 11) is 2.20. The molecular formula is C31H36FN5. The molecule has 0 unspecified atom stereocenters. The molecule has 0 radical (unpaired) electrons. The highest BCUT2D eigenvalue weighted by molar-refractivity contribution is 5.94. The van der Waals surface area contributed by atoms with Crippen LogP contribution in [0.25, 0.3) is 10.9 Å². The van der Waals surface area contributed by atoms with Gasteiger partial charge in [-0.25, -0.2) is 9.37 Å². The quantitative estimate of drug-likeness (QED) is 0.381. The first-order chi connectivity index (χ1) is 18.0. The summed E-state index contributed by atoms with van der Waals surface area (Å²) in [6.45, 7) is 12.2. The number of benzene rings is 2. The van der Waals surface area contributed by atoms with E-state index >= 15 is 0 Å². The standard InChI is InChI=1S/C31H36FN5/c1-22-23(2)37(19-24-8-10-27(32)11-9-24)30-29(22)18-28(21-35-16-14-34(3)15-17-35)33-31(30)36-13-12-25-6-4-5-7-26(25)20-36/h4-11,18H,12-17,19-21H2,1-3H3. The molecule has 6 heteroatoms. The van der Waals surface area contributed by atoms with Gasteiger partial charge in [0.1, 0.15) is 5.82 Å². The molecule has 0 spiro atoms. The third-order valence-corrected chi connectivity index (χ3v) is 8.31. The lowest BCUT2D eigenvalue weighted by molar-refractivity contribution is 0.147. The molecule has 1 fully saturated rings. The first kappa shape index (κ1) is 24.1. The Bertz CT molecular complexity index is 1420. The molecule has 4 heterocycles. The van der Waals surface area contributed by atoms with Crippen molar-refractivity contribution in [2.75, 3.05) is 44.7 Å². The topological polar surface area (TPSA) is 27.5 Å². The summed E-state index contributed by atoms with van der Waals surface area (Å²) in [6, 6.07) is 18.0. The average Bonchev–Trinajstić information content (AvgIpc) is 3.15. The molecule has 2 aromatic heterocycles. The zero-order valence-corrected chi connectivity index (χ0v) is 22.2.